The summed E-state index contributed by atoms with van der Waals surface area (Å²) in [6, 6.07) is 14.2. The number of hydrogen-bond acceptors (Lipinski definition) is 7. The summed E-state index contributed by atoms with van der Waals surface area (Å²) in [6.07, 6.45) is 1.80. The van der Waals surface area contributed by atoms with Gasteiger partial charge in [0.05, 0.1) is 25.0 Å². The third-order valence-electron chi connectivity index (χ3n) is 4.59. The molecule has 0 aliphatic carbocycles. The summed E-state index contributed by atoms with van der Waals surface area (Å²) in [5.41, 5.74) is 1.95. The molecular weight excluding hydrogens is 428 g/mol. The van der Waals surface area contributed by atoms with Crippen LogP contribution >= 0.6 is 11.8 Å². The molecule has 0 radical (unpaired) electrons. The summed E-state index contributed by atoms with van der Waals surface area (Å²) in [5, 5.41) is 11.8. The molecule has 0 bridgehead atoms. The number of anilines is 1. The largest absolute Gasteiger partial charge is 0.497 e. The van der Waals surface area contributed by atoms with Crippen LogP contribution in [0.2, 0.25) is 0 Å². The molecular formula is C23H26N4O4S. The summed E-state index contributed by atoms with van der Waals surface area (Å²) in [6.45, 7) is 4.30. The topological polar surface area (TPSA) is 95.3 Å². The molecule has 0 fully saturated rings. The quantitative estimate of drug-likeness (QED) is 0.278. The minimum Gasteiger partial charge on any atom is -0.497 e. The van der Waals surface area contributed by atoms with Crippen molar-refractivity contribution in [1.82, 2.24) is 14.8 Å². The van der Waals surface area contributed by atoms with Crippen molar-refractivity contribution in [2.24, 2.45) is 0 Å². The average molecular weight is 455 g/mol. The Morgan fingerprint density at radius 2 is 1.78 bits per heavy atom. The number of ether oxygens (including phenoxy) is 2. The van der Waals surface area contributed by atoms with Crippen molar-refractivity contribution in [2.45, 2.75) is 31.8 Å². The Hall–Kier alpha value is -3.33. The summed E-state index contributed by atoms with van der Waals surface area (Å²) >= 11 is 1.29. The van der Waals surface area contributed by atoms with Crippen LogP contribution in [0.3, 0.4) is 0 Å². The van der Waals surface area contributed by atoms with E-state index in [1.807, 2.05) is 42.7 Å². The Labute approximate surface area is 191 Å². The van der Waals surface area contributed by atoms with Crippen LogP contribution in [0.4, 0.5) is 5.69 Å². The molecule has 0 aliphatic rings. The molecule has 3 aromatic rings. The van der Waals surface area contributed by atoms with E-state index in [1.54, 1.807) is 31.4 Å². The highest BCUT2D eigenvalue weighted by molar-refractivity contribution is 7.99. The van der Waals surface area contributed by atoms with Gasteiger partial charge in [0.25, 0.3) is 0 Å². The number of methoxy groups -OCH3 is 1. The highest BCUT2D eigenvalue weighted by Crippen LogP contribution is 2.23. The molecule has 0 saturated heterocycles. The molecule has 0 spiro atoms. The predicted molar refractivity (Wildman–Crippen MR) is 124 cm³/mol. The van der Waals surface area contributed by atoms with E-state index < -0.39 is 0 Å². The lowest BCUT2D eigenvalue weighted by atomic mass is 10.2. The lowest BCUT2D eigenvalue weighted by molar-refractivity contribution is -0.113. The smallest absolute Gasteiger partial charge is 0.338 e. The minimum atomic E-state index is -0.361. The maximum Gasteiger partial charge on any atom is 0.338 e. The second kappa shape index (κ2) is 11.3. The number of aromatic nitrogens is 3. The first-order valence-electron chi connectivity index (χ1n) is 10.3. The van der Waals surface area contributed by atoms with Crippen LogP contribution in [0.25, 0.3) is 5.69 Å². The van der Waals surface area contributed by atoms with E-state index in [1.165, 1.54) is 11.8 Å². The van der Waals surface area contributed by atoms with E-state index in [2.05, 4.69) is 15.5 Å². The van der Waals surface area contributed by atoms with Crippen molar-refractivity contribution in [3.05, 3.63) is 59.9 Å². The Morgan fingerprint density at radius 1 is 1.06 bits per heavy atom. The van der Waals surface area contributed by atoms with E-state index in [-0.39, 0.29) is 17.6 Å². The van der Waals surface area contributed by atoms with Gasteiger partial charge in [-0.15, -0.1) is 10.2 Å². The first kappa shape index (κ1) is 23.3. The van der Waals surface area contributed by atoms with Crippen molar-refractivity contribution in [3.63, 3.8) is 0 Å². The van der Waals surface area contributed by atoms with Gasteiger partial charge in [-0.05, 0) is 61.9 Å². The molecule has 1 heterocycles. The standard InChI is InChI=1S/C23H26N4O4S/c1-4-5-14-31-22(29)17-6-8-18(9-7-17)24-21(28)15-32-23-26-25-16(2)27(23)19-10-12-20(30-3)13-11-19/h6-13H,4-5,14-15H2,1-3H3,(H,24,28). The number of carbonyl (C=O) groups is 2. The first-order valence-corrected chi connectivity index (χ1v) is 11.3. The van der Waals surface area contributed by atoms with Gasteiger partial charge in [0, 0.05) is 11.4 Å². The molecule has 8 nitrogen and oxygen atoms in total. The van der Waals surface area contributed by atoms with Crippen LogP contribution in [0.1, 0.15) is 35.9 Å². The van der Waals surface area contributed by atoms with Gasteiger partial charge in [0.15, 0.2) is 5.16 Å². The second-order valence-corrected chi connectivity index (χ2v) is 7.91. The lowest BCUT2D eigenvalue weighted by Gasteiger charge is -2.10. The van der Waals surface area contributed by atoms with Gasteiger partial charge in [0.2, 0.25) is 5.91 Å². The summed E-state index contributed by atoms with van der Waals surface area (Å²) in [4.78, 5) is 24.4. The Kier molecular flexibility index (Phi) is 8.27. The molecule has 0 unspecified atom stereocenters. The van der Waals surface area contributed by atoms with Crippen molar-refractivity contribution in [3.8, 4) is 11.4 Å². The summed E-state index contributed by atoms with van der Waals surface area (Å²) < 4.78 is 12.3. The number of hydrogen-bond donors (Lipinski definition) is 1. The van der Waals surface area contributed by atoms with Crippen LogP contribution in [-0.4, -0.2) is 46.1 Å². The van der Waals surface area contributed by atoms with Gasteiger partial charge in [-0.25, -0.2) is 4.79 Å². The monoisotopic (exact) mass is 454 g/mol. The Balaban J connectivity index is 1.57. The molecule has 1 aromatic heterocycles. The molecule has 0 atom stereocenters. The van der Waals surface area contributed by atoms with Crippen LogP contribution < -0.4 is 10.1 Å². The zero-order valence-corrected chi connectivity index (χ0v) is 19.1. The SMILES string of the molecule is CCCCOC(=O)c1ccc(NC(=O)CSc2nnc(C)n2-c2ccc(OC)cc2)cc1. The fourth-order valence-electron chi connectivity index (χ4n) is 2.87. The molecule has 0 aliphatic heterocycles. The van der Waals surface area contributed by atoms with Crippen molar-refractivity contribution < 1.29 is 19.1 Å². The van der Waals surface area contributed by atoms with E-state index >= 15 is 0 Å². The van der Waals surface area contributed by atoms with Crippen LogP contribution in [0.15, 0.2) is 53.7 Å². The number of benzene rings is 2. The molecule has 2 aromatic carbocycles. The second-order valence-electron chi connectivity index (χ2n) is 6.97. The highest BCUT2D eigenvalue weighted by Gasteiger charge is 2.14. The zero-order valence-electron chi connectivity index (χ0n) is 18.3. The zero-order chi connectivity index (χ0) is 22.9. The number of amides is 1. The molecule has 168 valence electrons. The molecule has 3 rings (SSSR count). The highest BCUT2D eigenvalue weighted by atomic mass is 32.2. The predicted octanol–water partition coefficient (Wildman–Crippen LogP) is 4.27. The summed E-state index contributed by atoms with van der Waals surface area (Å²) in [5.74, 6) is 1.10. The number of thioether (sulfide) groups is 1. The number of carbonyl (C=O) groups excluding carboxylic acids is 2. The van der Waals surface area contributed by atoms with Gasteiger partial charge in [-0.3, -0.25) is 9.36 Å². The third kappa shape index (κ3) is 6.10. The van der Waals surface area contributed by atoms with Crippen LogP contribution in [0.5, 0.6) is 5.75 Å². The number of unbranched alkanes of at least 4 members (excludes halogenated alkanes) is 1. The number of esters is 1. The van der Waals surface area contributed by atoms with Gasteiger partial charge in [-0.2, -0.15) is 0 Å². The third-order valence-corrected chi connectivity index (χ3v) is 5.52. The minimum absolute atomic E-state index is 0.162. The molecule has 1 amide bonds. The molecule has 0 saturated carbocycles. The molecule has 32 heavy (non-hydrogen) atoms. The van der Waals surface area contributed by atoms with Crippen molar-refractivity contribution in [2.75, 3.05) is 24.8 Å². The maximum absolute atomic E-state index is 12.4. The first-order chi connectivity index (χ1) is 15.5. The van der Waals surface area contributed by atoms with E-state index in [0.717, 1.165) is 30.1 Å². The molecule has 1 N–H and O–H groups in total. The van der Waals surface area contributed by atoms with Crippen LogP contribution in [0, 0.1) is 6.92 Å². The average Bonchev–Trinajstić information content (AvgIpc) is 3.18. The van der Waals surface area contributed by atoms with Gasteiger partial charge in [-0.1, -0.05) is 25.1 Å². The van der Waals surface area contributed by atoms with Gasteiger partial charge < -0.3 is 14.8 Å². The normalized spacial score (nSPS) is 10.6. The molecule has 9 heteroatoms. The lowest BCUT2D eigenvalue weighted by Crippen LogP contribution is -2.15. The van der Waals surface area contributed by atoms with E-state index in [0.29, 0.717) is 23.0 Å². The van der Waals surface area contributed by atoms with Crippen molar-refractivity contribution >= 4 is 29.3 Å². The fraction of sp³-hybridized carbons (Fsp3) is 0.304. The van der Waals surface area contributed by atoms with E-state index in [4.69, 9.17) is 9.47 Å². The number of aryl methyl sites for hydroxylation is 1. The number of rotatable bonds is 10. The fourth-order valence-corrected chi connectivity index (χ4v) is 3.67. The maximum atomic E-state index is 12.4. The Bertz CT molecular complexity index is 1050. The number of nitrogens with zero attached hydrogens (tertiary/aromatic N) is 3. The van der Waals surface area contributed by atoms with Gasteiger partial charge in [0.1, 0.15) is 11.6 Å². The van der Waals surface area contributed by atoms with E-state index in [9.17, 15) is 9.59 Å². The van der Waals surface area contributed by atoms with Crippen LogP contribution in [-0.2, 0) is 9.53 Å². The van der Waals surface area contributed by atoms with Gasteiger partial charge >= 0.3 is 5.97 Å². The number of nitrogens with one attached hydrogen (secondary N) is 1. The van der Waals surface area contributed by atoms with Crippen molar-refractivity contribution in [1.29, 1.82) is 0 Å². The Morgan fingerprint density at radius 3 is 2.44 bits per heavy atom. The summed E-state index contributed by atoms with van der Waals surface area (Å²) in [7, 11) is 1.62.